The number of aliphatic hydroxyl groups is 1. The van der Waals surface area contributed by atoms with E-state index in [1.807, 2.05) is 0 Å². The van der Waals surface area contributed by atoms with Crippen molar-refractivity contribution in [2.45, 2.75) is 58.3 Å². The summed E-state index contributed by atoms with van der Waals surface area (Å²) < 4.78 is 65.0. The smallest absolute Gasteiger partial charge is 0.490 e. The molecule has 4 rings (SSSR count). The van der Waals surface area contributed by atoms with Crippen LogP contribution in [0.25, 0.3) is 11.0 Å². The number of fused-ring (bicyclic) bond motifs is 1. The van der Waals surface area contributed by atoms with Gasteiger partial charge in [0.25, 0.3) is 11.2 Å². The van der Waals surface area contributed by atoms with Gasteiger partial charge in [0.05, 0.1) is 54.5 Å². The number of aromatic amines is 1. The molecular formula is C24H34N5O17P3. The summed E-state index contributed by atoms with van der Waals surface area (Å²) in [6.07, 6.45) is -3.53. The zero-order valence-electron chi connectivity index (χ0n) is 26.1. The van der Waals surface area contributed by atoms with Gasteiger partial charge in [-0.2, -0.15) is 13.6 Å². The Hall–Kier alpha value is -3.07. The molecule has 22 nitrogen and oxygen atoms in total. The van der Waals surface area contributed by atoms with E-state index >= 15 is 0 Å². The van der Waals surface area contributed by atoms with Crippen LogP contribution in [0.4, 0.5) is 11.6 Å². The number of rotatable bonds is 14. The van der Waals surface area contributed by atoms with E-state index in [4.69, 9.17) is 29.7 Å². The largest absolute Gasteiger partial charge is 0.497 e. The molecule has 1 fully saturated rings. The summed E-state index contributed by atoms with van der Waals surface area (Å²) in [4.78, 5) is 67.5. The molecule has 2 unspecified atom stereocenters. The number of phosphoric acid groups is 3. The van der Waals surface area contributed by atoms with Crippen molar-refractivity contribution in [1.29, 1.82) is 0 Å². The topological polar surface area (TPSA) is 328 Å². The maximum Gasteiger partial charge on any atom is 0.490 e. The number of H-pyrrole nitrogens is 1. The highest BCUT2D eigenvalue weighted by Gasteiger charge is 2.43. The number of ether oxygens (including phenoxy) is 3. The molecule has 1 aromatic carbocycles. The van der Waals surface area contributed by atoms with Crippen molar-refractivity contribution in [1.82, 2.24) is 14.5 Å². The van der Waals surface area contributed by atoms with Gasteiger partial charge in [-0.15, -0.1) is 0 Å². The molecule has 3 heterocycles. The number of aliphatic hydroxyl groups excluding tert-OH is 1. The van der Waals surface area contributed by atoms with Gasteiger partial charge >= 0.3 is 23.5 Å². The summed E-state index contributed by atoms with van der Waals surface area (Å²) in [5.74, 6) is -0.00558. The predicted octanol–water partition coefficient (Wildman–Crippen LogP) is 2.52. The molecule has 0 saturated carbocycles. The third-order valence-electron chi connectivity index (χ3n) is 7.02. The van der Waals surface area contributed by atoms with Crippen LogP contribution in [-0.2, 0) is 42.9 Å². The highest BCUT2D eigenvalue weighted by atomic mass is 31.3. The second-order valence-corrected chi connectivity index (χ2v) is 16.2. The minimum atomic E-state index is -5.77. The zero-order chi connectivity index (χ0) is 36.7. The molecule has 1 aliphatic rings. The number of benzene rings is 1. The Kier molecular flexibility index (Phi) is 11.3. The Morgan fingerprint density at radius 1 is 1.18 bits per heavy atom. The van der Waals surface area contributed by atoms with E-state index in [2.05, 4.69) is 23.1 Å². The fourth-order valence-electron chi connectivity index (χ4n) is 5.09. The van der Waals surface area contributed by atoms with Gasteiger partial charge in [-0.05, 0) is 17.5 Å². The van der Waals surface area contributed by atoms with Gasteiger partial charge in [0.1, 0.15) is 18.1 Å². The number of anilines is 1. The van der Waals surface area contributed by atoms with Crippen LogP contribution in [-0.4, -0.2) is 70.1 Å². The number of aromatic nitrogens is 3. The fourth-order valence-corrected chi connectivity index (χ4v) is 8.12. The van der Waals surface area contributed by atoms with Crippen LogP contribution in [0.1, 0.15) is 50.7 Å². The molecule has 8 N–H and O–H groups in total. The van der Waals surface area contributed by atoms with Gasteiger partial charge in [0.2, 0.25) is 5.95 Å². The van der Waals surface area contributed by atoms with Crippen LogP contribution in [0.2, 0.25) is 0 Å². The number of hydrogen-bond acceptors (Lipinski definition) is 15. The van der Waals surface area contributed by atoms with E-state index in [0.717, 1.165) is 0 Å². The Morgan fingerprint density at radius 3 is 2.45 bits per heavy atom. The minimum absolute atomic E-state index is 0.00618. The van der Waals surface area contributed by atoms with E-state index in [-0.39, 0.29) is 52.6 Å². The second kappa shape index (κ2) is 14.3. The molecule has 1 aliphatic heterocycles. The van der Waals surface area contributed by atoms with Gasteiger partial charge in [0, 0.05) is 18.2 Å². The van der Waals surface area contributed by atoms with Gasteiger partial charge in [0.15, 0.2) is 5.65 Å². The molecule has 6 atom stereocenters. The van der Waals surface area contributed by atoms with E-state index in [1.165, 1.54) is 30.0 Å². The molecule has 0 bridgehead atoms. The van der Waals surface area contributed by atoms with Crippen LogP contribution in [0.15, 0.2) is 29.2 Å². The number of phosphoric ester groups is 1. The van der Waals surface area contributed by atoms with Crippen molar-refractivity contribution in [3.05, 3.63) is 56.0 Å². The number of methoxy groups -OCH3 is 1. The number of nitrogens with zero attached hydrogens (tertiary/aromatic N) is 3. The molecule has 0 aliphatic carbocycles. The summed E-state index contributed by atoms with van der Waals surface area (Å²) in [5.41, 5.74) is 4.69. The first-order valence-electron chi connectivity index (χ1n) is 14.0. The van der Waals surface area contributed by atoms with Crippen molar-refractivity contribution in [3.63, 3.8) is 0 Å². The number of nitro groups is 1. The lowest BCUT2D eigenvalue weighted by molar-refractivity contribution is -0.386. The molecule has 0 amide bonds. The predicted molar refractivity (Wildman–Crippen MR) is 166 cm³/mol. The van der Waals surface area contributed by atoms with Crippen molar-refractivity contribution >= 4 is 46.1 Å². The maximum absolute atomic E-state index is 13.1. The highest BCUT2D eigenvalue weighted by molar-refractivity contribution is 7.66. The van der Waals surface area contributed by atoms with Crippen molar-refractivity contribution < 1.29 is 70.7 Å². The second-order valence-electron chi connectivity index (χ2n) is 11.8. The Labute approximate surface area is 276 Å². The van der Waals surface area contributed by atoms with Crippen LogP contribution in [0, 0.1) is 15.5 Å². The number of nitro benzene ring substituents is 1. The van der Waals surface area contributed by atoms with Crippen molar-refractivity contribution in [2.24, 2.45) is 5.41 Å². The normalized spacial score (nSPS) is 21.7. The van der Waals surface area contributed by atoms with Crippen LogP contribution < -0.4 is 16.0 Å². The molecule has 0 radical (unpaired) electrons. The molecule has 49 heavy (non-hydrogen) atoms. The molecule has 0 spiro atoms. The SMILES string of the molecule is COc1ccc([C@@H](OCc2cn([C@H]3C[C@@H](O)[C@@H](COP(=O)(O)OP(=O)(O)OP(=O)(O)O)O3)c3nc(N)[nH]c(=O)c23)C(C)(C)C)c([N+](=O)[O-])c1. The zero-order valence-corrected chi connectivity index (χ0v) is 28.8. The summed E-state index contributed by atoms with van der Waals surface area (Å²) in [6.45, 7) is 4.22. The summed E-state index contributed by atoms with van der Waals surface area (Å²) in [5, 5.41) is 22.6. The molecule has 1 saturated heterocycles. The Morgan fingerprint density at radius 2 is 1.86 bits per heavy atom. The van der Waals surface area contributed by atoms with E-state index in [1.54, 1.807) is 26.8 Å². The first-order chi connectivity index (χ1) is 22.5. The van der Waals surface area contributed by atoms with E-state index < -0.39 is 70.5 Å². The fraction of sp³-hybridized carbons (Fsp3) is 0.500. The van der Waals surface area contributed by atoms with Gasteiger partial charge in [-0.1, -0.05) is 20.8 Å². The third kappa shape index (κ3) is 9.59. The Bertz CT molecular complexity index is 1920. The summed E-state index contributed by atoms with van der Waals surface area (Å²) >= 11 is 0. The number of nitrogen functional groups attached to an aromatic ring is 1. The number of hydrogen-bond donors (Lipinski definition) is 7. The average molecular weight is 757 g/mol. The standard InChI is InChI=1S/C24H34N5O17P3/c1-24(2,3)20(14-6-5-13(41-4)7-15(14)29(32)33)42-10-12-9-28(21-19(12)22(31)27-23(25)26-21)18-8-16(30)17(44-18)11-43-48(37,38)46-49(39,40)45-47(34,35)36/h5-7,9,16-18,20,30H,8,10-11H2,1-4H3,(H,37,38)(H,39,40)(H2,34,35,36)(H3,25,26,27,31)/t16-,17-,18-,20-/m1/s1. The lowest BCUT2D eigenvalue weighted by Crippen LogP contribution is -2.26. The summed E-state index contributed by atoms with van der Waals surface area (Å²) in [7, 11) is -15.5. The highest BCUT2D eigenvalue weighted by Crippen LogP contribution is 2.66. The Balaban J connectivity index is 1.59. The third-order valence-corrected chi connectivity index (χ3v) is 10.8. The average Bonchev–Trinajstić information content (AvgIpc) is 3.49. The van der Waals surface area contributed by atoms with Crippen molar-refractivity contribution in [2.75, 3.05) is 19.5 Å². The van der Waals surface area contributed by atoms with Crippen LogP contribution in [0.3, 0.4) is 0 Å². The van der Waals surface area contributed by atoms with E-state index in [9.17, 15) is 43.5 Å². The van der Waals surface area contributed by atoms with Gasteiger partial charge < -0.3 is 49.2 Å². The molecule has 272 valence electrons. The molecule has 25 heteroatoms. The molecule has 3 aromatic rings. The lowest BCUT2D eigenvalue weighted by Gasteiger charge is -2.31. The molecule has 2 aromatic heterocycles. The summed E-state index contributed by atoms with van der Waals surface area (Å²) in [6, 6.07) is 4.34. The minimum Gasteiger partial charge on any atom is -0.497 e. The van der Waals surface area contributed by atoms with Gasteiger partial charge in [-0.3, -0.25) is 24.4 Å². The molecular weight excluding hydrogens is 723 g/mol. The van der Waals surface area contributed by atoms with Crippen LogP contribution in [0.5, 0.6) is 5.75 Å². The van der Waals surface area contributed by atoms with Crippen molar-refractivity contribution in [3.8, 4) is 5.75 Å². The monoisotopic (exact) mass is 757 g/mol. The van der Waals surface area contributed by atoms with E-state index in [0.29, 0.717) is 0 Å². The number of nitrogens with two attached hydrogens (primary N) is 1. The number of nitrogens with one attached hydrogen (secondary N) is 1. The lowest BCUT2D eigenvalue weighted by atomic mass is 9.84. The van der Waals surface area contributed by atoms with Crippen LogP contribution >= 0.6 is 23.5 Å². The quantitative estimate of drug-likeness (QED) is 0.0705. The first kappa shape index (κ1) is 38.7. The van der Waals surface area contributed by atoms with Gasteiger partial charge in [-0.25, -0.2) is 13.7 Å². The first-order valence-corrected chi connectivity index (χ1v) is 18.5. The maximum atomic E-state index is 13.1.